The summed E-state index contributed by atoms with van der Waals surface area (Å²) in [5, 5.41) is 6.42. The van der Waals surface area contributed by atoms with Crippen molar-refractivity contribution >= 4 is 27.9 Å². The molecule has 0 amide bonds. The van der Waals surface area contributed by atoms with Gasteiger partial charge in [0.1, 0.15) is 0 Å². The highest BCUT2D eigenvalue weighted by Crippen LogP contribution is 2.37. The molecule has 0 aromatic heterocycles. The Morgan fingerprint density at radius 1 is 0.583 bits per heavy atom. The van der Waals surface area contributed by atoms with Crippen LogP contribution in [0.5, 0.6) is 0 Å². The van der Waals surface area contributed by atoms with Crippen molar-refractivity contribution in [3.8, 4) is 0 Å². The van der Waals surface area contributed by atoms with E-state index in [0.29, 0.717) is 17.8 Å². The fourth-order valence-corrected chi connectivity index (χ4v) is 5.13. The molecule has 1 unspecified atom stereocenters. The van der Waals surface area contributed by atoms with Crippen molar-refractivity contribution in [3.63, 3.8) is 0 Å². The van der Waals surface area contributed by atoms with Crippen LogP contribution in [0.1, 0.15) is 94.5 Å². The maximum Gasteiger partial charge on any atom is 0.0900 e. The van der Waals surface area contributed by atoms with E-state index in [2.05, 4.69) is 139 Å². The Morgan fingerprint density at radius 2 is 1.08 bits per heavy atom. The van der Waals surface area contributed by atoms with Gasteiger partial charge in [-0.25, -0.2) is 0 Å². The summed E-state index contributed by atoms with van der Waals surface area (Å²) >= 11 is 0. The fraction of sp³-hybridized carbons (Fsp3) is 0.324. The zero-order valence-corrected chi connectivity index (χ0v) is 22.8. The van der Waals surface area contributed by atoms with Crippen molar-refractivity contribution in [1.82, 2.24) is 0 Å². The number of anilines is 1. The van der Waals surface area contributed by atoms with Gasteiger partial charge in [0.2, 0.25) is 0 Å². The molecule has 0 aliphatic carbocycles. The van der Waals surface area contributed by atoms with E-state index in [1.54, 1.807) is 0 Å². The molecule has 0 saturated carbocycles. The normalized spacial score (nSPS) is 13.1. The van der Waals surface area contributed by atoms with Gasteiger partial charge in [0.15, 0.2) is 0 Å². The zero-order valence-electron chi connectivity index (χ0n) is 22.8. The van der Waals surface area contributed by atoms with Crippen LogP contribution in [0.15, 0.2) is 89.9 Å². The van der Waals surface area contributed by atoms with E-state index < -0.39 is 0 Å². The van der Waals surface area contributed by atoms with Crippen molar-refractivity contribution in [2.45, 2.75) is 72.3 Å². The monoisotopic (exact) mass is 476 g/mol. The molecule has 0 fully saturated rings. The molecule has 0 saturated heterocycles. The molecule has 4 aromatic rings. The molecule has 0 aliphatic heterocycles. The molecule has 0 spiro atoms. The Balaban J connectivity index is 1.91. The van der Waals surface area contributed by atoms with E-state index >= 15 is 0 Å². The minimum atomic E-state index is -0.0417. The van der Waals surface area contributed by atoms with Crippen LogP contribution in [0.3, 0.4) is 0 Å². The van der Waals surface area contributed by atoms with Gasteiger partial charge in [-0.1, -0.05) is 120 Å². The Hall–Kier alpha value is -3.39. The highest BCUT2D eigenvalue weighted by molar-refractivity contribution is 5.99. The summed E-state index contributed by atoms with van der Waals surface area (Å²) in [6.45, 7) is 15.8. The number of para-hydroxylation sites is 1. The van der Waals surface area contributed by atoms with Crippen molar-refractivity contribution in [2.75, 3.05) is 5.32 Å². The lowest BCUT2D eigenvalue weighted by Crippen LogP contribution is -2.22. The van der Waals surface area contributed by atoms with Crippen LogP contribution in [0, 0.1) is 0 Å². The van der Waals surface area contributed by atoms with E-state index in [-0.39, 0.29) is 6.04 Å². The minimum Gasteiger partial charge on any atom is -0.373 e. The van der Waals surface area contributed by atoms with Crippen molar-refractivity contribution < 1.29 is 0 Å². The minimum absolute atomic E-state index is 0.0417. The van der Waals surface area contributed by atoms with Crippen LogP contribution < -0.4 is 5.32 Å². The van der Waals surface area contributed by atoms with Crippen LogP contribution in [-0.4, -0.2) is 5.71 Å². The van der Waals surface area contributed by atoms with E-state index in [9.17, 15) is 0 Å². The second kappa shape index (κ2) is 11.1. The molecule has 0 bridgehead atoms. The van der Waals surface area contributed by atoms with Crippen molar-refractivity contribution in [3.05, 3.63) is 107 Å². The van der Waals surface area contributed by atoms with Crippen molar-refractivity contribution in [2.24, 2.45) is 4.99 Å². The summed E-state index contributed by atoms with van der Waals surface area (Å²) in [6.07, 6.45) is 0. The quantitative estimate of drug-likeness (QED) is 0.251. The van der Waals surface area contributed by atoms with Gasteiger partial charge in [-0.15, -0.1) is 0 Å². The van der Waals surface area contributed by atoms with Crippen LogP contribution in [0.2, 0.25) is 0 Å². The number of aliphatic imine (C=N–C) groups is 1. The second-order valence-corrected chi connectivity index (χ2v) is 10.7. The zero-order chi connectivity index (χ0) is 25.8. The van der Waals surface area contributed by atoms with Gasteiger partial charge in [-0.2, -0.15) is 0 Å². The second-order valence-electron chi connectivity index (χ2n) is 10.7. The summed E-state index contributed by atoms with van der Waals surface area (Å²) in [5.41, 5.74) is 8.68. The molecule has 0 aliphatic rings. The van der Waals surface area contributed by atoms with Crippen LogP contribution in [0.4, 0.5) is 11.4 Å². The van der Waals surface area contributed by atoms with Crippen LogP contribution in [-0.2, 0) is 0 Å². The number of rotatable bonds is 8. The molecule has 2 nitrogen and oxygen atoms in total. The first-order valence-corrected chi connectivity index (χ1v) is 13.3. The first kappa shape index (κ1) is 25.7. The van der Waals surface area contributed by atoms with Gasteiger partial charge in [0, 0.05) is 16.8 Å². The maximum atomic E-state index is 5.26. The Kier molecular flexibility index (Phi) is 7.94. The molecule has 2 heteroatoms. The van der Waals surface area contributed by atoms with Gasteiger partial charge < -0.3 is 5.32 Å². The summed E-state index contributed by atoms with van der Waals surface area (Å²) in [5.74, 6) is 1.26. The standard InChI is InChI=1S/C34H40N2/c1-22(2)27-16-10-11-18-31(27)33(36-34-28(23(3)4)19-13-20-29(34)24(5)6)25(7)35-32-21-12-15-26-14-8-9-17-30(26)32/h8-24,33,36H,1-7H3. The third-order valence-electron chi connectivity index (χ3n) is 7.07. The molecule has 0 heterocycles. The highest BCUT2D eigenvalue weighted by atomic mass is 15.0. The Morgan fingerprint density at radius 3 is 1.72 bits per heavy atom. The summed E-state index contributed by atoms with van der Waals surface area (Å²) in [4.78, 5) is 5.26. The predicted octanol–water partition coefficient (Wildman–Crippen LogP) is 10.2. The first-order valence-electron chi connectivity index (χ1n) is 13.3. The summed E-state index contributed by atoms with van der Waals surface area (Å²) in [7, 11) is 0. The third kappa shape index (κ3) is 5.38. The number of hydrogen-bond donors (Lipinski definition) is 1. The lowest BCUT2D eigenvalue weighted by atomic mass is 9.88. The van der Waals surface area contributed by atoms with Gasteiger partial charge in [-0.05, 0) is 58.4 Å². The smallest absolute Gasteiger partial charge is 0.0900 e. The number of benzene rings is 4. The molecule has 1 N–H and O–H groups in total. The average molecular weight is 477 g/mol. The predicted molar refractivity (Wildman–Crippen MR) is 158 cm³/mol. The molecular weight excluding hydrogens is 436 g/mol. The van der Waals surface area contributed by atoms with Crippen molar-refractivity contribution in [1.29, 1.82) is 0 Å². The first-order chi connectivity index (χ1) is 17.3. The van der Waals surface area contributed by atoms with E-state index in [1.807, 2.05) is 0 Å². The largest absolute Gasteiger partial charge is 0.373 e. The molecule has 36 heavy (non-hydrogen) atoms. The van der Waals surface area contributed by atoms with Gasteiger partial charge in [0.25, 0.3) is 0 Å². The number of nitrogens with one attached hydrogen (secondary N) is 1. The maximum absolute atomic E-state index is 5.26. The number of nitrogens with zero attached hydrogens (tertiary/aromatic N) is 1. The molecule has 1 atom stereocenters. The molecule has 186 valence electrons. The molecular formula is C34H40N2. The molecule has 0 radical (unpaired) electrons. The molecule has 4 rings (SSSR count). The lowest BCUT2D eigenvalue weighted by molar-refractivity contribution is 0.815. The Labute approximate surface area is 217 Å². The summed E-state index contributed by atoms with van der Waals surface area (Å²) in [6, 6.07) is 30.4. The van der Waals surface area contributed by atoms with E-state index in [4.69, 9.17) is 4.99 Å². The Bertz CT molecular complexity index is 1330. The summed E-state index contributed by atoms with van der Waals surface area (Å²) < 4.78 is 0. The van der Waals surface area contributed by atoms with Gasteiger partial charge in [-0.3, -0.25) is 4.99 Å². The highest BCUT2D eigenvalue weighted by Gasteiger charge is 2.23. The van der Waals surface area contributed by atoms with E-state index in [1.165, 1.54) is 38.7 Å². The SMILES string of the molecule is CC(=Nc1cccc2ccccc12)C(Nc1c(C(C)C)cccc1C(C)C)c1ccccc1C(C)C. The topological polar surface area (TPSA) is 24.4 Å². The third-order valence-corrected chi connectivity index (χ3v) is 7.07. The number of fused-ring (bicyclic) bond motifs is 1. The fourth-order valence-electron chi connectivity index (χ4n) is 5.13. The van der Waals surface area contributed by atoms with E-state index in [0.717, 1.165) is 11.4 Å². The van der Waals surface area contributed by atoms with Crippen LogP contribution >= 0.6 is 0 Å². The lowest BCUT2D eigenvalue weighted by Gasteiger charge is -2.29. The van der Waals surface area contributed by atoms with Gasteiger partial charge in [0.05, 0.1) is 11.7 Å². The van der Waals surface area contributed by atoms with Gasteiger partial charge >= 0.3 is 0 Å². The number of hydrogen-bond acceptors (Lipinski definition) is 2. The average Bonchev–Trinajstić information content (AvgIpc) is 2.87. The molecule has 4 aromatic carbocycles. The van der Waals surface area contributed by atoms with Crippen LogP contribution in [0.25, 0.3) is 10.8 Å².